The number of nitrogens with one attached hydrogen (secondary N) is 2. The van der Waals surface area contributed by atoms with Crippen molar-refractivity contribution in [1.29, 1.82) is 0 Å². The molecular weight excluding hydrogens is 338 g/mol. The van der Waals surface area contributed by atoms with Crippen LogP contribution in [0.3, 0.4) is 0 Å². The third-order valence-electron chi connectivity index (χ3n) is 6.00. The smallest absolute Gasteiger partial charge is 0.259 e. The van der Waals surface area contributed by atoms with E-state index in [1.165, 1.54) is 0 Å². The van der Waals surface area contributed by atoms with Crippen LogP contribution in [-0.4, -0.2) is 46.6 Å². The van der Waals surface area contributed by atoms with E-state index in [-0.39, 0.29) is 33.3 Å². The minimum Gasteiger partial charge on any atom is -0.378 e. The lowest BCUT2D eigenvalue weighted by Crippen LogP contribution is -2.68. The zero-order chi connectivity index (χ0) is 18.6. The molecule has 0 aliphatic heterocycles. The molecule has 1 aromatic carbocycles. The van der Waals surface area contributed by atoms with Crippen molar-refractivity contribution < 1.29 is 9.53 Å². The van der Waals surface area contributed by atoms with Gasteiger partial charge in [-0.25, -0.2) is 0 Å². The van der Waals surface area contributed by atoms with Gasteiger partial charge in [-0.05, 0) is 43.8 Å². The molecule has 6 nitrogen and oxygen atoms in total. The predicted octanol–water partition coefficient (Wildman–Crippen LogP) is 2.86. The summed E-state index contributed by atoms with van der Waals surface area (Å²) in [5, 5.41) is 0.476. The SMILES string of the molecule is CO[C@@]1(C)C[C@H](N(C)C(=O)c2ccc3c(=O)[nH]c(=S)[nH]c3c2)C1(C)C. The molecule has 25 heavy (non-hydrogen) atoms. The molecule has 7 heteroatoms. The molecule has 2 aromatic rings. The number of amides is 1. The quantitative estimate of drug-likeness (QED) is 0.824. The van der Waals surface area contributed by atoms with Gasteiger partial charge in [-0.3, -0.25) is 14.6 Å². The number of nitrogens with zero attached hydrogens (tertiary/aromatic N) is 1. The molecule has 1 heterocycles. The van der Waals surface area contributed by atoms with Crippen molar-refractivity contribution in [1.82, 2.24) is 14.9 Å². The Bertz CT molecular complexity index is 962. The van der Waals surface area contributed by atoms with Crippen molar-refractivity contribution in [2.75, 3.05) is 14.2 Å². The van der Waals surface area contributed by atoms with E-state index in [9.17, 15) is 9.59 Å². The van der Waals surface area contributed by atoms with Crippen LogP contribution in [0.25, 0.3) is 10.9 Å². The number of carbonyl (C=O) groups excluding carboxylic acids is 1. The molecule has 1 saturated carbocycles. The number of hydrogen-bond donors (Lipinski definition) is 2. The highest BCUT2D eigenvalue weighted by Gasteiger charge is 2.59. The van der Waals surface area contributed by atoms with Crippen LogP contribution in [0.15, 0.2) is 23.0 Å². The van der Waals surface area contributed by atoms with Crippen LogP contribution in [0.4, 0.5) is 0 Å². The highest BCUT2D eigenvalue weighted by molar-refractivity contribution is 7.71. The summed E-state index contributed by atoms with van der Waals surface area (Å²) in [4.78, 5) is 32.1. The number of hydrogen-bond acceptors (Lipinski definition) is 4. The van der Waals surface area contributed by atoms with Crippen LogP contribution >= 0.6 is 12.2 Å². The summed E-state index contributed by atoms with van der Waals surface area (Å²) in [6.45, 7) is 6.31. The second-order valence-corrected chi connectivity index (χ2v) is 7.87. The first-order chi connectivity index (χ1) is 11.6. The standard InChI is InChI=1S/C18H23N3O3S/c1-17(2)13(9-18(17,3)24-5)21(4)15(23)10-6-7-11-12(8-10)19-16(25)20-14(11)22/h6-8,13H,9H2,1-5H3,(H2,19,20,22,25)/t13-,18-/m0/s1. The summed E-state index contributed by atoms with van der Waals surface area (Å²) >= 11 is 5.01. The lowest BCUT2D eigenvalue weighted by atomic mass is 9.55. The third kappa shape index (κ3) is 2.62. The van der Waals surface area contributed by atoms with E-state index in [1.807, 2.05) is 7.05 Å². The molecule has 1 aliphatic carbocycles. The van der Waals surface area contributed by atoms with Crippen molar-refractivity contribution in [2.45, 2.75) is 38.8 Å². The number of methoxy groups -OCH3 is 1. The summed E-state index contributed by atoms with van der Waals surface area (Å²) < 4.78 is 5.89. The molecule has 1 fully saturated rings. The normalized spacial score (nSPS) is 24.8. The summed E-state index contributed by atoms with van der Waals surface area (Å²) in [5.74, 6) is -0.0854. The lowest BCUT2D eigenvalue weighted by molar-refractivity contribution is -0.198. The average molecular weight is 361 g/mol. The molecule has 1 aromatic heterocycles. The number of aromatic nitrogens is 2. The maximum absolute atomic E-state index is 12.9. The van der Waals surface area contributed by atoms with Crippen molar-refractivity contribution >= 4 is 29.0 Å². The van der Waals surface area contributed by atoms with Gasteiger partial charge in [0.1, 0.15) is 0 Å². The van der Waals surface area contributed by atoms with Crippen LogP contribution in [0.2, 0.25) is 0 Å². The lowest BCUT2D eigenvalue weighted by Gasteiger charge is -2.61. The Balaban J connectivity index is 1.92. The van der Waals surface area contributed by atoms with Gasteiger partial charge in [0.15, 0.2) is 4.77 Å². The molecule has 1 aliphatic rings. The largest absolute Gasteiger partial charge is 0.378 e. The van der Waals surface area contributed by atoms with Crippen molar-refractivity contribution in [3.63, 3.8) is 0 Å². The molecular formula is C18H23N3O3S. The Morgan fingerprint density at radius 1 is 1.32 bits per heavy atom. The Hall–Kier alpha value is -1.99. The topological polar surface area (TPSA) is 78.2 Å². The van der Waals surface area contributed by atoms with E-state index >= 15 is 0 Å². The molecule has 0 radical (unpaired) electrons. The zero-order valence-electron chi connectivity index (χ0n) is 15.1. The molecule has 2 N–H and O–H groups in total. The second kappa shape index (κ2) is 5.78. The van der Waals surface area contributed by atoms with E-state index in [0.717, 1.165) is 6.42 Å². The maximum atomic E-state index is 12.9. The molecule has 2 atom stereocenters. The first-order valence-corrected chi connectivity index (χ1v) is 8.60. The van der Waals surface area contributed by atoms with Gasteiger partial charge >= 0.3 is 0 Å². The second-order valence-electron chi connectivity index (χ2n) is 7.46. The third-order valence-corrected chi connectivity index (χ3v) is 6.21. The Morgan fingerprint density at radius 3 is 2.60 bits per heavy atom. The van der Waals surface area contributed by atoms with Gasteiger partial charge in [0, 0.05) is 31.2 Å². The monoisotopic (exact) mass is 361 g/mol. The van der Waals surface area contributed by atoms with Crippen LogP contribution in [0.1, 0.15) is 37.6 Å². The summed E-state index contributed by atoms with van der Waals surface area (Å²) in [5.41, 5.74) is 0.422. The summed E-state index contributed by atoms with van der Waals surface area (Å²) in [6, 6.07) is 5.08. The fourth-order valence-corrected chi connectivity index (χ4v) is 3.93. The van der Waals surface area contributed by atoms with Gasteiger partial charge in [-0.1, -0.05) is 13.8 Å². The van der Waals surface area contributed by atoms with Crippen molar-refractivity contribution in [2.24, 2.45) is 5.41 Å². The first-order valence-electron chi connectivity index (χ1n) is 8.19. The van der Waals surface area contributed by atoms with Gasteiger partial charge in [0.25, 0.3) is 11.5 Å². The van der Waals surface area contributed by atoms with Crippen molar-refractivity contribution in [3.05, 3.63) is 38.9 Å². The molecule has 0 spiro atoms. The minimum absolute atomic E-state index is 0.0818. The fraction of sp³-hybridized carbons (Fsp3) is 0.500. The van der Waals surface area contributed by atoms with E-state index in [2.05, 4.69) is 30.7 Å². The van der Waals surface area contributed by atoms with Crippen LogP contribution < -0.4 is 5.56 Å². The van der Waals surface area contributed by atoms with Gasteiger partial charge in [-0.15, -0.1) is 0 Å². The van der Waals surface area contributed by atoms with Gasteiger partial charge in [0.2, 0.25) is 0 Å². The zero-order valence-corrected chi connectivity index (χ0v) is 15.9. The summed E-state index contributed by atoms with van der Waals surface area (Å²) in [6.07, 6.45) is 0.786. The molecule has 0 unspecified atom stereocenters. The Morgan fingerprint density at radius 2 is 2.00 bits per heavy atom. The molecule has 0 bridgehead atoms. The van der Waals surface area contributed by atoms with E-state index in [4.69, 9.17) is 17.0 Å². The van der Waals surface area contributed by atoms with E-state index < -0.39 is 0 Å². The van der Waals surface area contributed by atoms with Crippen LogP contribution in [0.5, 0.6) is 0 Å². The first kappa shape index (κ1) is 17.8. The number of rotatable bonds is 3. The summed E-state index contributed by atoms with van der Waals surface area (Å²) in [7, 11) is 3.52. The molecule has 134 valence electrons. The fourth-order valence-electron chi connectivity index (χ4n) is 3.72. The molecule has 0 saturated heterocycles. The van der Waals surface area contributed by atoms with Gasteiger partial charge in [-0.2, -0.15) is 0 Å². The van der Waals surface area contributed by atoms with E-state index in [0.29, 0.717) is 16.5 Å². The number of aromatic amines is 2. The van der Waals surface area contributed by atoms with E-state index in [1.54, 1.807) is 30.2 Å². The number of benzene rings is 1. The molecule has 1 amide bonds. The van der Waals surface area contributed by atoms with Crippen LogP contribution in [-0.2, 0) is 4.74 Å². The average Bonchev–Trinajstić information content (AvgIpc) is 2.57. The number of ether oxygens (including phenoxy) is 1. The highest BCUT2D eigenvalue weighted by atomic mass is 32.1. The maximum Gasteiger partial charge on any atom is 0.259 e. The van der Waals surface area contributed by atoms with Gasteiger partial charge in [0.05, 0.1) is 16.5 Å². The Labute approximate surface area is 151 Å². The molecule has 3 rings (SSSR count). The predicted molar refractivity (Wildman–Crippen MR) is 99.4 cm³/mol. The highest BCUT2D eigenvalue weighted by Crippen LogP contribution is 2.53. The van der Waals surface area contributed by atoms with Crippen LogP contribution in [0, 0.1) is 10.2 Å². The number of H-pyrrole nitrogens is 2. The number of carbonyl (C=O) groups is 1. The minimum atomic E-state index is -0.262. The van der Waals surface area contributed by atoms with Crippen molar-refractivity contribution in [3.8, 4) is 0 Å². The Kier molecular flexibility index (Phi) is 4.12. The number of fused-ring (bicyclic) bond motifs is 1. The van der Waals surface area contributed by atoms with Gasteiger partial charge < -0.3 is 14.6 Å².